The Morgan fingerprint density at radius 2 is 1.27 bits per heavy atom. The van der Waals surface area contributed by atoms with Gasteiger partial charge in [-0.1, -0.05) is 10.4 Å². The summed E-state index contributed by atoms with van der Waals surface area (Å²) in [5.74, 6) is 0. The van der Waals surface area contributed by atoms with Crippen LogP contribution in [-0.4, -0.2) is 41.2 Å². The molecule has 0 radical (unpaired) electrons. The third-order valence-corrected chi connectivity index (χ3v) is 0.539. The molecule has 0 aliphatic heterocycles. The number of aromatic nitrogens is 8. The zero-order chi connectivity index (χ0) is 7.07. The van der Waals surface area contributed by atoms with Gasteiger partial charge >= 0.3 is 0 Å². The van der Waals surface area contributed by atoms with E-state index in [0.29, 0.717) is 0 Å². The molecule has 0 fully saturated rings. The molecule has 0 aromatic carbocycles. The minimum Gasteiger partial charge on any atom is -0.344 e. The van der Waals surface area contributed by atoms with Crippen molar-refractivity contribution in [2.24, 2.45) is 0 Å². The summed E-state index contributed by atoms with van der Waals surface area (Å²) < 4.78 is 0. The van der Waals surface area contributed by atoms with E-state index in [4.69, 9.17) is 0 Å². The molecule has 11 heavy (non-hydrogen) atoms. The lowest BCUT2D eigenvalue weighted by molar-refractivity contribution is 0.881. The van der Waals surface area contributed by atoms with Gasteiger partial charge in [0.1, 0.15) is 0 Å². The monoisotopic (exact) mass is 157 g/mol. The third kappa shape index (κ3) is 4.59. The summed E-state index contributed by atoms with van der Waals surface area (Å²) in [4.78, 5) is 0. The van der Waals surface area contributed by atoms with Crippen LogP contribution >= 0.6 is 0 Å². The summed E-state index contributed by atoms with van der Waals surface area (Å²) >= 11 is 0. The van der Waals surface area contributed by atoms with Crippen molar-refractivity contribution in [3.8, 4) is 0 Å². The Hall–Kier alpha value is -1.90. The second-order valence-electron chi connectivity index (χ2n) is 1.12. The number of nitrogens with one attached hydrogen (secondary N) is 2. The molecule has 2 heterocycles. The smallest absolute Gasteiger partial charge is 0.161 e. The molecule has 9 heteroatoms. The van der Waals surface area contributed by atoms with Gasteiger partial charge in [-0.3, -0.25) is 0 Å². The van der Waals surface area contributed by atoms with Gasteiger partial charge in [-0.2, -0.15) is 10.4 Å². The standard InChI is InChI=1S/2CH2N4.H3N/c2*1-2-4-5-3-1;/h2*1H,(H,2,3,4,5);1H3. The average Bonchev–Trinajstić information content (AvgIpc) is 2.67. The molecule has 2 aromatic rings. The zero-order valence-electron chi connectivity index (χ0n) is 5.55. The van der Waals surface area contributed by atoms with Crippen molar-refractivity contribution in [2.75, 3.05) is 0 Å². The van der Waals surface area contributed by atoms with Crippen molar-refractivity contribution in [3.63, 3.8) is 0 Å². The Morgan fingerprint density at radius 1 is 0.818 bits per heavy atom. The number of nitrogens with zero attached hydrogens (tertiary/aromatic N) is 6. The fourth-order valence-corrected chi connectivity index (χ4v) is 0.258. The molecule has 0 spiro atoms. The molecule has 9 nitrogen and oxygen atoms in total. The van der Waals surface area contributed by atoms with E-state index in [0.717, 1.165) is 0 Å². The summed E-state index contributed by atoms with van der Waals surface area (Å²) in [6.07, 6.45) is 2.67. The lowest BCUT2D eigenvalue weighted by Gasteiger charge is -1.44. The van der Waals surface area contributed by atoms with Gasteiger partial charge in [0.05, 0.1) is 0 Å². The van der Waals surface area contributed by atoms with Gasteiger partial charge < -0.3 is 6.15 Å². The lowest BCUT2D eigenvalue weighted by Crippen LogP contribution is -1.64. The van der Waals surface area contributed by atoms with E-state index in [1.807, 2.05) is 0 Å². The van der Waals surface area contributed by atoms with Gasteiger partial charge in [-0.05, 0) is 0 Å². The number of rotatable bonds is 0. The highest BCUT2D eigenvalue weighted by molar-refractivity contribution is 4.25. The van der Waals surface area contributed by atoms with Crippen LogP contribution in [0.5, 0.6) is 0 Å². The van der Waals surface area contributed by atoms with E-state index in [1.165, 1.54) is 12.7 Å². The first kappa shape index (κ1) is 9.10. The molecule has 0 bridgehead atoms. The van der Waals surface area contributed by atoms with Crippen LogP contribution in [0.25, 0.3) is 0 Å². The predicted molar refractivity (Wildman–Crippen MR) is 33.4 cm³/mol. The molecule has 2 aromatic heterocycles. The molecule has 0 unspecified atom stereocenters. The zero-order valence-corrected chi connectivity index (χ0v) is 5.55. The first-order chi connectivity index (χ1) is 5.00. The molecule has 5 N–H and O–H groups in total. The van der Waals surface area contributed by atoms with Gasteiger partial charge in [0.2, 0.25) is 0 Å². The summed E-state index contributed by atoms with van der Waals surface area (Å²) in [7, 11) is 0. The highest BCUT2D eigenvalue weighted by atomic mass is 15.5. The summed E-state index contributed by atoms with van der Waals surface area (Å²) in [5, 5.41) is 24.3. The first-order valence-corrected chi connectivity index (χ1v) is 2.33. The molecule has 0 amide bonds. The Morgan fingerprint density at radius 3 is 1.36 bits per heavy atom. The van der Waals surface area contributed by atoms with E-state index in [9.17, 15) is 0 Å². The summed E-state index contributed by atoms with van der Waals surface area (Å²) in [6, 6.07) is 0. The highest BCUT2D eigenvalue weighted by Crippen LogP contribution is 1.44. The van der Waals surface area contributed by atoms with Crippen molar-refractivity contribution >= 4 is 0 Å². The highest BCUT2D eigenvalue weighted by Gasteiger charge is 1.58. The maximum absolute atomic E-state index is 3.38. The maximum atomic E-state index is 3.38. The predicted octanol–water partition coefficient (Wildman–Crippen LogP) is -1.44. The Balaban J connectivity index is 0.000000167. The van der Waals surface area contributed by atoms with Gasteiger partial charge in [-0.15, -0.1) is 20.4 Å². The van der Waals surface area contributed by atoms with Crippen molar-refractivity contribution in [1.29, 1.82) is 0 Å². The SMILES string of the molecule is N.c1nn[nH]n1.c1nn[nH]n1. The molecule has 60 valence electrons. The van der Waals surface area contributed by atoms with E-state index in [1.54, 1.807) is 0 Å². The van der Waals surface area contributed by atoms with Crippen molar-refractivity contribution in [1.82, 2.24) is 47.4 Å². The van der Waals surface area contributed by atoms with Crippen molar-refractivity contribution < 1.29 is 0 Å². The summed E-state index contributed by atoms with van der Waals surface area (Å²) in [5.41, 5.74) is 0. The number of hydrogen-bond acceptors (Lipinski definition) is 7. The molecule has 0 aliphatic rings. The van der Waals surface area contributed by atoms with E-state index < -0.39 is 0 Å². The average molecular weight is 157 g/mol. The quantitative estimate of drug-likeness (QED) is 0.424. The fraction of sp³-hybridized carbons (Fsp3) is 0. The van der Waals surface area contributed by atoms with Gasteiger partial charge in [-0.25, -0.2) is 0 Å². The fourth-order valence-electron chi connectivity index (χ4n) is 0.258. The van der Waals surface area contributed by atoms with Gasteiger partial charge in [0.15, 0.2) is 12.7 Å². The van der Waals surface area contributed by atoms with Crippen LogP contribution in [0.1, 0.15) is 0 Å². The van der Waals surface area contributed by atoms with Gasteiger partial charge in [0.25, 0.3) is 0 Å². The number of hydrogen-bond donors (Lipinski definition) is 3. The second-order valence-corrected chi connectivity index (χ2v) is 1.12. The third-order valence-electron chi connectivity index (χ3n) is 0.539. The molecule has 0 saturated heterocycles. The van der Waals surface area contributed by atoms with E-state index in [2.05, 4.69) is 41.2 Å². The number of aromatic amines is 2. The van der Waals surface area contributed by atoms with Crippen LogP contribution in [-0.2, 0) is 0 Å². The van der Waals surface area contributed by atoms with E-state index >= 15 is 0 Å². The van der Waals surface area contributed by atoms with Crippen LogP contribution in [0.2, 0.25) is 0 Å². The topological polar surface area (TPSA) is 144 Å². The molecular formula is C2H7N9. The van der Waals surface area contributed by atoms with Gasteiger partial charge in [0, 0.05) is 0 Å². The Bertz CT molecular complexity index is 147. The van der Waals surface area contributed by atoms with Crippen molar-refractivity contribution in [2.45, 2.75) is 0 Å². The number of H-pyrrole nitrogens is 2. The molecule has 0 aliphatic carbocycles. The molecular weight excluding hydrogens is 150 g/mol. The van der Waals surface area contributed by atoms with Crippen LogP contribution in [0.3, 0.4) is 0 Å². The largest absolute Gasteiger partial charge is 0.344 e. The van der Waals surface area contributed by atoms with Crippen LogP contribution in [0.4, 0.5) is 0 Å². The number of tetrazole rings is 2. The molecule has 0 saturated carbocycles. The molecule has 2 rings (SSSR count). The Kier molecular flexibility index (Phi) is 5.15. The Labute approximate surface area is 61.2 Å². The van der Waals surface area contributed by atoms with Crippen LogP contribution in [0.15, 0.2) is 12.7 Å². The minimum absolute atomic E-state index is 0. The van der Waals surface area contributed by atoms with Crippen molar-refractivity contribution in [3.05, 3.63) is 12.7 Å². The van der Waals surface area contributed by atoms with Crippen LogP contribution < -0.4 is 6.15 Å². The van der Waals surface area contributed by atoms with Crippen LogP contribution in [0, 0.1) is 0 Å². The second kappa shape index (κ2) is 6.22. The first-order valence-electron chi connectivity index (χ1n) is 2.33. The maximum Gasteiger partial charge on any atom is 0.161 e. The molecule has 0 atom stereocenters. The van der Waals surface area contributed by atoms with E-state index in [-0.39, 0.29) is 6.15 Å². The normalized spacial score (nSPS) is 7.27. The summed E-state index contributed by atoms with van der Waals surface area (Å²) in [6.45, 7) is 0. The minimum atomic E-state index is 0. The lowest BCUT2D eigenvalue weighted by atomic mass is 11.4.